The molecule has 0 saturated heterocycles. The molecule has 0 unspecified atom stereocenters. The van der Waals surface area contributed by atoms with Gasteiger partial charge < -0.3 is 10.4 Å². The van der Waals surface area contributed by atoms with Gasteiger partial charge in [0.25, 0.3) is 0 Å². The van der Waals surface area contributed by atoms with Crippen LogP contribution in [-0.4, -0.2) is 17.0 Å². The van der Waals surface area contributed by atoms with Crippen molar-refractivity contribution >= 4 is 33.5 Å². The van der Waals surface area contributed by atoms with Crippen LogP contribution in [0, 0.1) is 11.2 Å². The monoisotopic (exact) mass is 357 g/mol. The zero-order valence-corrected chi connectivity index (χ0v) is 13.1. The molecule has 21 heavy (non-hydrogen) atoms. The van der Waals surface area contributed by atoms with Crippen LogP contribution in [0.4, 0.5) is 10.1 Å². The van der Waals surface area contributed by atoms with Crippen LogP contribution in [0.25, 0.3) is 0 Å². The fourth-order valence-electron chi connectivity index (χ4n) is 2.99. The zero-order chi connectivity index (χ0) is 15.5. The minimum atomic E-state index is -0.889. The summed E-state index contributed by atoms with van der Waals surface area (Å²) in [5, 5.41) is 11.6. The average molecular weight is 358 g/mol. The summed E-state index contributed by atoms with van der Waals surface area (Å²) in [6.07, 6.45) is 3.45. The van der Waals surface area contributed by atoms with E-state index in [1.165, 1.54) is 12.1 Å². The maximum Gasteiger partial charge on any atom is 0.303 e. The number of carboxylic acid groups (broad SMARTS) is 1. The molecular formula is C15H17BrFNO3. The van der Waals surface area contributed by atoms with Crippen LogP contribution in [0.3, 0.4) is 0 Å². The summed E-state index contributed by atoms with van der Waals surface area (Å²) >= 11 is 3.15. The normalized spacial score (nSPS) is 16.7. The standard InChI is InChI=1S/C15H17BrFNO3/c16-10-3-4-12(11(17)7-10)18-13(19)8-15(9-14(20)21)5-1-2-6-15/h3-4,7H,1-2,5-6,8-9H2,(H,18,19)(H,20,21). The lowest BCUT2D eigenvalue weighted by Gasteiger charge is -2.26. The van der Waals surface area contributed by atoms with E-state index >= 15 is 0 Å². The molecule has 1 amide bonds. The van der Waals surface area contributed by atoms with Crippen LogP contribution < -0.4 is 5.32 Å². The molecule has 0 bridgehead atoms. The predicted octanol–water partition coefficient (Wildman–Crippen LogP) is 3.95. The number of carbonyl (C=O) groups is 2. The molecule has 1 fully saturated rings. The summed E-state index contributed by atoms with van der Waals surface area (Å²) in [6.45, 7) is 0. The zero-order valence-electron chi connectivity index (χ0n) is 11.5. The van der Waals surface area contributed by atoms with Gasteiger partial charge in [0.2, 0.25) is 5.91 Å². The van der Waals surface area contributed by atoms with Gasteiger partial charge in [-0.15, -0.1) is 0 Å². The SMILES string of the molecule is O=C(O)CC1(CC(=O)Nc2ccc(Br)cc2F)CCCC1. The molecule has 1 aromatic carbocycles. The molecule has 1 aliphatic carbocycles. The van der Waals surface area contributed by atoms with Crippen molar-refractivity contribution < 1.29 is 19.1 Å². The van der Waals surface area contributed by atoms with Gasteiger partial charge in [-0.25, -0.2) is 4.39 Å². The number of hydrogen-bond donors (Lipinski definition) is 2. The maximum atomic E-state index is 13.7. The van der Waals surface area contributed by atoms with E-state index in [1.54, 1.807) is 6.07 Å². The Labute approximate surface area is 130 Å². The van der Waals surface area contributed by atoms with Crippen LogP contribution in [0.5, 0.6) is 0 Å². The largest absolute Gasteiger partial charge is 0.481 e. The van der Waals surface area contributed by atoms with Crippen LogP contribution in [0.1, 0.15) is 38.5 Å². The molecule has 0 heterocycles. The van der Waals surface area contributed by atoms with Crippen molar-refractivity contribution in [3.05, 3.63) is 28.5 Å². The first-order chi connectivity index (χ1) is 9.90. The first kappa shape index (κ1) is 15.9. The summed E-state index contributed by atoms with van der Waals surface area (Å²) in [4.78, 5) is 23.1. The summed E-state index contributed by atoms with van der Waals surface area (Å²) in [7, 11) is 0. The van der Waals surface area contributed by atoms with E-state index in [-0.39, 0.29) is 24.4 Å². The van der Waals surface area contributed by atoms with E-state index < -0.39 is 17.2 Å². The highest BCUT2D eigenvalue weighted by Crippen LogP contribution is 2.44. The minimum Gasteiger partial charge on any atom is -0.481 e. The average Bonchev–Trinajstić information content (AvgIpc) is 2.80. The van der Waals surface area contributed by atoms with Crippen LogP contribution in [0.2, 0.25) is 0 Å². The summed E-state index contributed by atoms with van der Waals surface area (Å²) in [5.41, 5.74) is -0.367. The number of carbonyl (C=O) groups excluding carboxylic acids is 1. The highest BCUT2D eigenvalue weighted by atomic mass is 79.9. The van der Waals surface area contributed by atoms with Gasteiger partial charge in [-0.3, -0.25) is 9.59 Å². The molecule has 0 atom stereocenters. The lowest BCUT2D eigenvalue weighted by atomic mass is 9.79. The lowest BCUT2D eigenvalue weighted by Crippen LogP contribution is -2.28. The third kappa shape index (κ3) is 4.27. The highest BCUT2D eigenvalue weighted by Gasteiger charge is 2.38. The minimum absolute atomic E-state index is 0.0107. The second kappa shape index (κ2) is 6.56. The van der Waals surface area contributed by atoms with Gasteiger partial charge in [0.15, 0.2) is 0 Å². The number of benzene rings is 1. The van der Waals surface area contributed by atoms with Crippen molar-refractivity contribution in [3.8, 4) is 0 Å². The van der Waals surface area contributed by atoms with E-state index in [0.717, 1.165) is 25.7 Å². The predicted molar refractivity (Wildman–Crippen MR) is 80.5 cm³/mol. The van der Waals surface area contributed by atoms with Crippen LogP contribution in [-0.2, 0) is 9.59 Å². The molecule has 4 nitrogen and oxygen atoms in total. The Bertz CT molecular complexity index is 556. The van der Waals surface area contributed by atoms with Crippen molar-refractivity contribution in [2.24, 2.45) is 5.41 Å². The smallest absolute Gasteiger partial charge is 0.303 e. The molecule has 114 valence electrons. The summed E-state index contributed by atoms with van der Waals surface area (Å²) < 4.78 is 14.3. The van der Waals surface area contributed by atoms with Gasteiger partial charge in [0, 0.05) is 10.9 Å². The Morgan fingerprint density at radius 1 is 1.29 bits per heavy atom. The molecule has 1 aromatic rings. The molecule has 2 N–H and O–H groups in total. The molecule has 2 rings (SSSR count). The Morgan fingerprint density at radius 3 is 2.52 bits per heavy atom. The van der Waals surface area contributed by atoms with E-state index in [2.05, 4.69) is 21.2 Å². The maximum absolute atomic E-state index is 13.7. The summed E-state index contributed by atoms with van der Waals surface area (Å²) in [6, 6.07) is 4.40. The Hall–Kier alpha value is -1.43. The van der Waals surface area contributed by atoms with Gasteiger partial charge in [0.1, 0.15) is 5.82 Å². The van der Waals surface area contributed by atoms with Crippen molar-refractivity contribution in [2.75, 3.05) is 5.32 Å². The molecular weight excluding hydrogens is 341 g/mol. The Morgan fingerprint density at radius 2 is 1.95 bits per heavy atom. The first-order valence-electron chi connectivity index (χ1n) is 6.87. The molecule has 0 radical (unpaired) electrons. The van der Waals surface area contributed by atoms with Crippen molar-refractivity contribution in [2.45, 2.75) is 38.5 Å². The Balaban J connectivity index is 2.04. The number of aliphatic carboxylic acids is 1. The molecule has 0 aliphatic heterocycles. The van der Waals surface area contributed by atoms with E-state index in [0.29, 0.717) is 4.47 Å². The topological polar surface area (TPSA) is 66.4 Å². The Kier molecular flexibility index (Phi) is 4.98. The van der Waals surface area contributed by atoms with Gasteiger partial charge >= 0.3 is 5.97 Å². The first-order valence-corrected chi connectivity index (χ1v) is 7.66. The number of hydrogen-bond acceptors (Lipinski definition) is 2. The number of halogens is 2. The van der Waals surface area contributed by atoms with E-state index in [4.69, 9.17) is 5.11 Å². The molecule has 0 aromatic heterocycles. The van der Waals surface area contributed by atoms with Gasteiger partial charge in [-0.05, 0) is 36.5 Å². The highest BCUT2D eigenvalue weighted by molar-refractivity contribution is 9.10. The van der Waals surface area contributed by atoms with Crippen molar-refractivity contribution in [3.63, 3.8) is 0 Å². The molecule has 0 spiro atoms. The number of amides is 1. The van der Waals surface area contributed by atoms with E-state index in [1.807, 2.05) is 0 Å². The van der Waals surface area contributed by atoms with Gasteiger partial charge in [-0.1, -0.05) is 28.8 Å². The number of nitrogens with one attached hydrogen (secondary N) is 1. The van der Waals surface area contributed by atoms with Crippen LogP contribution >= 0.6 is 15.9 Å². The molecule has 1 saturated carbocycles. The van der Waals surface area contributed by atoms with Crippen molar-refractivity contribution in [1.29, 1.82) is 0 Å². The molecule has 1 aliphatic rings. The second-order valence-electron chi connectivity index (χ2n) is 5.63. The molecule has 6 heteroatoms. The van der Waals surface area contributed by atoms with Gasteiger partial charge in [0.05, 0.1) is 12.1 Å². The number of rotatable bonds is 5. The summed E-state index contributed by atoms with van der Waals surface area (Å²) in [5.74, 6) is -1.74. The van der Waals surface area contributed by atoms with Crippen molar-refractivity contribution in [1.82, 2.24) is 0 Å². The second-order valence-corrected chi connectivity index (χ2v) is 6.54. The quantitative estimate of drug-likeness (QED) is 0.838. The number of carboxylic acids is 1. The third-order valence-corrected chi connectivity index (χ3v) is 4.42. The fourth-order valence-corrected chi connectivity index (χ4v) is 3.32. The fraction of sp³-hybridized carbons (Fsp3) is 0.467. The van der Waals surface area contributed by atoms with Gasteiger partial charge in [-0.2, -0.15) is 0 Å². The lowest BCUT2D eigenvalue weighted by molar-refractivity contribution is -0.140. The van der Waals surface area contributed by atoms with Crippen LogP contribution in [0.15, 0.2) is 22.7 Å². The third-order valence-electron chi connectivity index (χ3n) is 3.93. The van der Waals surface area contributed by atoms with E-state index in [9.17, 15) is 14.0 Å². The number of anilines is 1.